The minimum absolute atomic E-state index is 0.0171. The number of piperazine rings is 1. The summed E-state index contributed by atoms with van der Waals surface area (Å²) in [5, 5.41) is 15.0. The van der Waals surface area contributed by atoms with Crippen LogP contribution >= 0.6 is 0 Å². The second-order valence-corrected chi connectivity index (χ2v) is 37.0. The van der Waals surface area contributed by atoms with Crippen LogP contribution in [-0.4, -0.2) is 314 Å². The molecule has 6 aromatic carbocycles. The summed E-state index contributed by atoms with van der Waals surface area (Å²) in [7, 11) is 13.3. The number of benzene rings is 6. The maximum atomic E-state index is 14.2. The van der Waals surface area contributed by atoms with Gasteiger partial charge in [0, 0.05) is 202 Å². The summed E-state index contributed by atoms with van der Waals surface area (Å²) in [6, 6.07) is 59.2. The molecule has 137 heavy (non-hydrogen) atoms. The molecule has 0 unspecified atom stereocenters. The molecule has 0 saturated carbocycles. The molecule has 3 aliphatic heterocycles. The average molecular weight is 1860 g/mol. The summed E-state index contributed by atoms with van der Waals surface area (Å²) in [5.74, 6) is -0.867. The molecule has 8 aromatic rings. The van der Waals surface area contributed by atoms with Gasteiger partial charge in [-0.05, 0) is 124 Å². The van der Waals surface area contributed by atoms with Crippen LogP contribution in [0.15, 0.2) is 230 Å². The molecule has 1 fully saturated rings. The Morgan fingerprint density at radius 2 is 0.781 bits per heavy atom. The van der Waals surface area contributed by atoms with Gasteiger partial charge in [-0.1, -0.05) is 208 Å². The Morgan fingerprint density at radius 3 is 1.24 bits per heavy atom. The smallest absolute Gasteiger partial charge is 0.234 e. The maximum Gasteiger partial charge on any atom is 0.234 e. The van der Waals surface area contributed by atoms with E-state index in [-0.39, 0.29) is 116 Å². The summed E-state index contributed by atoms with van der Waals surface area (Å²) in [5.41, 5.74) is 12.4. The van der Waals surface area contributed by atoms with Crippen molar-refractivity contribution in [1.82, 2.24) is 80.0 Å². The van der Waals surface area contributed by atoms with E-state index in [1.165, 1.54) is 17.0 Å². The third-order valence-corrected chi connectivity index (χ3v) is 25.5. The first kappa shape index (κ1) is 105. The largest absolute Gasteiger partial charge is 0.355 e. The lowest BCUT2D eigenvalue weighted by Gasteiger charge is -2.34. The number of carbonyl (C=O) groups excluding carboxylic acids is 9. The van der Waals surface area contributed by atoms with Gasteiger partial charge in [0.1, 0.15) is 7.05 Å². The highest BCUT2D eigenvalue weighted by Gasteiger charge is 2.44. The van der Waals surface area contributed by atoms with Crippen LogP contribution in [0.2, 0.25) is 0 Å². The molecule has 0 aliphatic carbocycles. The number of hydrogen-bond donors (Lipinski definition) is 5. The summed E-state index contributed by atoms with van der Waals surface area (Å²) >= 11 is 0. The standard InChI is InChI=1S/C108H140N20O9/c1-107(2)86-47-32-34-49-92(86)124(11)94(107)51-28-13-12-14-29-52-95-108(3,4)87-48-33-35-50-93(87)128(95)104(137)54-31-19-30-53-103(136)127-75-73-126(74-76-127)81-100(133)111-61-38-64-125(62-36-59-109-98(131)79-120(7)67-65-118(5)69-71-122(9)101(134)57-55-96(129)116-105-112-88(82-39-20-15-21-40-82)77-89(113-105)83-41-22-16-23-42-83)63-37-60-110-99(132)80-121(8)68-66-119(6)70-72-123(10)102(135)58-56-97(130)117-106-114-90(84-43-24-17-25-44-84)78-91(115-106)85-45-26-18-27-46-85/h12-18,20-29,32-35,39-52,77-78H,19,30-31,36-38,53-76,79-81H2,1-11H3,(H4-,109,110,111,112,113,114,115,116,117,129,130,131,132,133)/p+1. The number of aromatic nitrogens is 4. The second-order valence-electron chi connectivity index (χ2n) is 37.0. The van der Waals surface area contributed by atoms with Gasteiger partial charge < -0.3 is 45.3 Å². The number of fused-ring (bicyclic) bond motifs is 2. The van der Waals surface area contributed by atoms with Crippen LogP contribution in [0.4, 0.5) is 23.3 Å². The lowest BCUT2D eigenvalue weighted by atomic mass is 9.81. The first-order valence-electron chi connectivity index (χ1n) is 48.3. The van der Waals surface area contributed by atoms with Crippen LogP contribution in [0.5, 0.6) is 0 Å². The van der Waals surface area contributed by atoms with Crippen molar-refractivity contribution in [2.75, 3.05) is 202 Å². The average Bonchev–Trinajstić information content (AvgIpc) is 1.58. The third kappa shape index (κ3) is 32.4. The molecule has 3 aliphatic rings. The molecule has 726 valence electrons. The van der Waals surface area contributed by atoms with Crippen LogP contribution in [0.1, 0.15) is 116 Å². The Hall–Kier alpha value is -12.9. The molecule has 29 nitrogen and oxygen atoms in total. The number of para-hydroxylation sites is 2. The monoisotopic (exact) mass is 1860 g/mol. The van der Waals surface area contributed by atoms with E-state index in [1.807, 2.05) is 224 Å². The van der Waals surface area contributed by atoms with E-state index in [0.717, 1.165) is 45.6 Å². The van der Waals surface area contributed by atoms with Gasteiger partial charge in [0.2, 0.25) is 70.7 Å². The number of unbranched alkanes of at least 4 members (excludes halogenated alkanes) is 2. The van der Waals surface area contributed by atoms with E-state index < -0.39 is 5.41 Å². The van der Waals surface area contributed by atoms with Crippen LogP contribution in [0.25, 0.3) is 45.0 Å². The lowest BCUT2D eigenvalue weighted by Crippen LogP contribution is -2.51. The van der Waals surface area contributed by atoms with Crippen LogP contribution in [0.3, 0.4) is 0 Å². The molecule has 2 aromatic heterocycles. The number of rotatable bonds is 52. The zero-order valence-electron chi connectivity index (χ0n) is 82.1. The Bertz CT molecular complexity index is 5190. The van der Waals surface area contributed by atoms with Crippen molar-refractivity contribution in [3.05, 3.63) is 241 Å². The fourth-order valence-corrected chi connectivity index (χ4v) is 17.2. The Kier molecular flexibility index (Phi) is 40.4. The number of carbonyl (C=O) groups is 9. The first-order chi connectivity index (χ1) is 66.1. The summed E-state index contributed by atoms with van der Waals surface area (Å²) in [4.78, 5) is 159. The summed E-state index contributed by atoms with van der Waals surface area (Å²) in [6.07, 6.45) is 19.2. The molecule has 0 atom stereocenters. The quantitative estimate of drug-likeness (QED) is 0.0134. The number of nitrogens with zero attached hydrogens (tertiary/aromatic N) is 15. The van der Waals surface area contributed by atoms with E-state index in [4.69, 9.17) is 0 Å². The molecule has 1 saturated heterocycles. The molecule has 29 heteroatoms. The zero-order chi connectivity index (χ0) is 97.6. The first-order valence-corrected chi connectivity index (χ1v) is 48.3. The van der Waals surface area contributed by atoms with Crippen LogP contribution in [0, 0.1) is 0 Å². The molecule has 0 spiro atoms. The molecule has 5 N–H and O–H groups in total. The van der Waals surface area contributed by atoms with Gasteiger partial charge in [-0.3, -0.25) is 73.4 Å². The van der Waals surface area contributed by atoms with Crippen molar-refractivity contribution in [2.24, 2.45) is 0 Å². The molecule has 11 rings (SSSR count). The van der Waals surface area contributed by atoms with E-state index in [0.29, 0.717) is 186 Å². The summed E-state index contributed by atoms with van der Waals surface area (Å²) in [6.45, 7) is 19.7. The Morgan fingerprint density at radius 1 is 0.387 bits per heavy atom. The third-order valence-electron chi connectivity index (χ3n) is 25.5. The fourth-order valence-electron chi connectivity index (χ4n) is 17.2. The van der Waals surface area contributed by atoms with Crippen molar-refractivity contribution in [3.63, 3.8) is 0 Å². The molecule has 5 heterocycles. The second kappa shape index (κ2) is 53.0. The minimum atomic E-state index is -0.390. The molecular weight excluding hydrogens is 1720 g/mol. The van der Waals surface area contributed by atoms with E-state index in [1.54, 1.807) is 23.9 Å². The van der Waals surface area contributed by atoms with E-state index >= 15 is 0 Å². The van der Waals surface area contributed by atoms with Crippen molar-refractivity contribution in [2.45, 2.75) is 116 Å². The van der Waals surface area contributed by atoms with Gasteiger partial charge in [-0.15, -0.1) is 0 Å². The van der Waals surface area contributed by atoms with Gasteiger partial charge >= 0.3 is 0 Å². The Balaban J connectivity index is 0.572. The zero-order valence-corrected chi connectivity index (χ0v) is 82.1. The molecular formula is C108H141N20O9+. The van der Waals surface area contributed by atoms with Gasteiger partial charge in [-0.25, -0.2) is 19.9 Å². The molecule has 0 bridgehead atoms. The topological polar surface area (TPSA) is 301 Å². The number of nitrogens with one attached hydrogen (secondary N) is 5. The summed E-state index contributed by atoms with van der Waals surface area (Å²) < 4.78 is 2.26. The molecule has 9 amide bonds. The van der Waals surface area contributed by atoms with E-state index in [2.05, 4.69) is 154 Å². The van der Waals surface area contributed by atoms with Gasteiger partial charge in [0.25, 0.3) is 0 Å². The Labute approximate surface area is 809 Å². The van der Waals surface area contributed by atoms with Crippen LogP contribution in [-0.2, 0) is 54.0 Å². The number of allylic oxidation sites excluding steroid dienone is 8. The van der Waals surface area contributed by atoms with Gasteiger partial charge in [-0.2, -0.15) is 4.58 Å². The number of likely N-dealkylation sites (N-methyl/N-ethyl adjacent to an activating group) is 6. The highest BCUT2D eigenvalue weighted by Crippen LogP contribution is 2.48. The van der Waals surface area contributed by atoms with Crippen molar-refractivity contribution in [3.8, 4) is 45.0 Å². The highest BCUT2D eigenvalue weighted by atomic mass is 16.2. The minimum Gasteiger partial charge on any atom is -0.355 e. The number of hydrogen-bond acceptors (Lipinski definition) is 19. The van der Waals surface area contributed by atoms with Crippen LogP contribution < -0.4 is 31.5 Å². The van der Waals surface area contributed by atoms with E-state index in [9.17, 15) is 43.2 Å². The molecule has 0 radical (unpaired) electrons. The number of anilines is 3. The predicted molar refractivity (Wildman–Crippen MR) is 545 cm³/mol. The highest BCUT2D eigenvalue weighted by molar-refractivity contribution is 6.03. The van der Waals surface area contributed by atoms with Crippen molar-refractivity contribution >= 4 is 82.1 Å². The van der Waals surface area contributed by atoms with Crippen molar-refractivity contribution < 1.29 is 47.7 Å². The fraction of sp³-hybridized carbons (Fsp3) is 0.426. The number of amides is 9. The lowest BCUT2D eigenvalue weighted by molar-refractivity contribution is -0.401. The van der Waals surface area contributed by atoms with Crippen molar-refractivity contribution in [1.29, 1.82) is 0 Å². The van der Waals surface area contributed by atoms with Gasteiger partial charge in [0.15, 0.2) is 5.71 Å². The normalized spacial score (nSPS) is 14.4. The SMILES string of the molecule is CN(CCN(C)CC(=O)NCCCN(CCCNC(=O)CN(C)CCN(C)CCN(C)C(=O)CCC(=O)Nc1nc(-c2ccccc2)cc(-c2ccccc2)n1)CCCNC(=O)CN1CCN(C(=O)CCCCCC(=O)N2/C(=C/C=C/C=C/C=C/C3=[N+](C)c4ccccc4C3(C)C)C(C)(C)c3ccccc32)CC1)CCN(C)C(=O)CCC(=O)Nc1nc(-c2ccccc2)cc(-c2ccccc2)n1. The predicted octanol–water partition coefficient (Wildman–Crippen LogP) is 12.2. The van der Waals surface area contributed by atoms with Gasteiger partial charge in [0.05, 0.1) is 53.5 Å². The maximum absolute atomic E-state index is 14.2.